The van der Waals surface area contributed by atoms with E-state index in [9.17, 15) is 14.4 Å². The molecular formula is C54H82O6. The predicted octanol–water partition coefficient (Wildman–Crippen LogP) is 15.1. The molecule has 1 unspecified atom stereocenters. The van der Waals surface area contributed by atoms with Crippen LogP contribution in [0.5, 0.6) is 0 Å². The van der Waals surface area contributed by atoms with Crippen LogP contribution < -0.4 is 0 Å². The van der Waals surface area contributed by atoms with Crippen LogP contribution in [0.1, 0.15) is 168 Å². The van der Waals surface area contributed by atoms with Crippen LogP contribution in [0.3, 0.4) is 0 Å². The molecule has 0 aromatic carbocycles. The summed E-state index contributed by atoms with van der Waals surface area (Å²) in [5, 5.41) is 0. The summed E-state index contributed by atoms with van der Waals surface area (Å²) in [6, 6.07) is 0. The average molecular weight is 827 g/mol. The highest BCUT2D eigenvalue weighted by molar-refractivity contribution is 5.71. The summed E-state index contributed by atoms with van der Waals surface area (Å²) in [6.45, 7) is 6.14. The fourth-order valence-electron chi connectivity index (χ4n) is 5.65. The lowest BCUT2D eigenvalue weighted by Gasteiger charge is -2.18. The lowest BCUT2D eigenvalue weighted by molar-refractivity contribution is -0.167. The molecule has 0 aliphatic rings. The first-order chi connectivity index (χ1) is 29.5. The lowest BCUT2D eigenvalue weighted by Crippen LogP contribution is -2.30. The van der Waals surface area contributed by atoms with Crippen molar-refractivity contribution in [3.63, 3.8) is 0 Å². The minimum absolute atomic E-state index is 0.126. The molecule has 0 aliphatic carbocycles. The van der Waals surface area contributed by atoms with Crippen molar-refractivity contribution in [3.8, 4) is 0 Å². The Labute approximate surface area is 366 Å². The molecule has 0 amide bonds. The first-order valence-corrected chi connectivity index (χ1v) is 23.3. The second-order valence-corrected chi connectivity index (χ2v) is 14.7. The molecule has 0 N–H and O–H groups in total. The first-order valence-electron chi connectivity index (χ1n) is 23.3. The quantitative estimate of drug-likeness (QED) is 0.0202. The molecule has 0 aliphatic heterocycles. The van der Waals surface area contributed by atoms with Gasteiger partial charge in [-0.05, 0) is 89.9 Å². The Balaban J connectivity index is 4.57. The maximum absolute atomic E-state index is 12.7. The maximum atomic E-state index is 12.7. The molecule has 1 atom stereocenters. The van der Waals surface area contributed by atoms with Crippen LogP contribution in [0.2, 0.25) is 0 Å². The van der Waals surface area contributed by atoms with Gasteiger partial charge in [0.1, 0.15) is 13.2 Å². The number of carbonyl (C=O) groups is 3. The summed E-state index contributed by atoms with van der Waals surface area (Å²) in [4.78, 5) is 37.8. The van der Waals surface area contributed by atoms with Crippen LogP contribution in [-0.4, -0.2) is 37.2 Å². The van der Waals surface area contributed by atoms with Crippen LogP contribution in [0.25, 0.3) is 0 Å². The summed E-state index contributed by atoms with van der Waals surface area (Å²) in [5.74, 6) is -1.04. The largest absolute Gasteiger partial charge is 0.462 e. The molecule has 6 heteroatoms. The van der Waals surface area contributed by atoms with Gasteiger partial charge < -0.3 is 14.2 Å². The number of hydrogen-bond donors (Lipinski definition) is 0. The summed E-state index contributed by atoms with van der Waals surface area (Å²) in [7, 11) is 0. The van der Waals surface area contributed by atoms with E-state index in [1.807, 2.05) is 60.8 Å². The Morgan fingerprint density at radius 1 is 0.350 bits per heavy atom. The minimum Gasteiger partial charge on any atom is -0.462 e. The second-order valence-electron chi connectivity index (χ2n) is 14.7. The van der Waals surface area contributed by atoms with Gasteiger partial charge >= 0.3 is 17.9 Å². The molecule has 0 aromatic heterocycles. The molecule has 0 fully saturated rings. The zero-order chi connectivity index (χ0) is 43.7. The summed E-state index contributed by atoms with van der Waals surface area (Å²) in [5.41, 5.74) is 0. The van der Waals surface area contributed by atoms with Gasteiger partial charge in [0.2, 0.25) is 0 Å². The number of ether oxygens (including phenoxy) is 3. The van der Waals surface area contributed by atoms with Crippen molar-refractivity contribution in [1.82, 2.24) is 0 Å². The second kappa shape index (κ2) is 47.2. The molecule has 6 nitrogen and oxygen atoms in total. The number of allylic oxidation sites excluding steroid dienone is 22. The van der Waals surface area contributed by atoms with Gasteiger partial charge in [-0.2, -0.15) is 0 Å². The van der Waals surface area contributed by atoms with Gasteiger partial charge in [0.15, 0.2) is 6.10 Å². The van der Waals surface area contributed by atoms with Gasteiger partial charge in [0, 0.05) is 19.3 Å². The van der Waals surface area contributed by atoms with Gasteiger partial charge in [-0.3, -0.25) is 14.4 Å². The van der Waals surface area contributed by atoms with Crippen molar-refractivity contribution in [2.24, 2.45) is 0 Å². The molecule has 0 bridgehead atoms. The third-order valence-corrected chi connectivity index (χ3v) is 9.04. The average Bonchev–Trinajstić information content (AvgIpc) is 3.24. The predicted molar refractivity (Wildman–Crippen MR) is 256 cm³/mol. The van der Waals surface area contributed by atoms with Gasteiger partial charge in [0.05, 0.1) is 0 Å². The molecule has 0 rings (SSSR count). The monoisotopic (exact) mass is 827 g/mol. The lowest BCUT2D eigenvalue weighted by atomic mass is 10.1. The normalized spacial score (nSPS) is 13.3. The molecule has 0 radical (unpaired) electrons. The standard InChI is InChI=1S/C54H82O6/c1-4-7-10-13-16-19-22-24-26-27-28-30-32-35-38-41-44-47-53(56)59-50-51(49-58-52(55)46-43-40-37-34-31-21-18-15-12-9-6-3)60-54(57)48-45-42-39-36-33-29-25-23-20-17-14-11-8-5-2/h7-13,16-22,24,26-28,30,32,34,37,51H,4-6,14-15,23,25,29,31,33,35-36,38-50H2,1-3H3/b10-7-,11-8-,12-9-,16-13-,20-17-,21-18-,22-19-,26-24-,28-27+,32-30-,37-34-. The Bertz CT molecular complexity index is 1370. The van der Waals surface area contributed by atoms with E-state index in [2.05, 4.69) is 93.7 Å². The van der Waals surface area contributed by atoms with E-state index in [0.29, 0.717) is 25.7 Å². The molecule has 0 saturated heterocycles. The zero-order valence-corrected chi connectivity index (χ0v) is 37.9. The zero-order valence-electron chi connectivity index (χ0n) is 37.9. The number of unbranched alkanes of at least 4 members (excludes halogenated alkanes) is 11. The van der Waals surface area contributed by atoms with Crippen molar-refractivity contribution in [1.29, 1.82) is 0 Å². The van der Waals surface area contributed by atoms with Crippen molar-refractivity contribution in [2.45, 2.75) is 175 Å². The first kappa shape index (κ1) is 55.5. The Hall–Kier alpha value is -4.45. The smallest absolute Gasteiger partial charge is 0.306 e. The van der Waals surface area contributed by atoms with Gasteiger partial charge in [0.25, 0.3) is 0 Å². The molecule has 0 saturated carbocycles. The van der Waals surface area contributed by atoms with E-state index in [0.717, 1.165) is 96.3 Å². The minimum atomic E-state index is -0.824. The summed E-state index contributed by atoms with van der Waals surface area (Å²) < 4.78 is 16.6. The molecular weight excluding hydrogens is 745 g/mol. The highest BCUT2D eigenvalue weighted by Crippen LogP contribution is 2.12. The molecule has 0 spiro atoms. The van der Waals surface area contributed by atoms with E-state index >= 15 is 0 Å². The Morgan fingerprint density at radius 2 is 0.700 bits per heavy atom. The molecule has 60 heavy (non-hydrogen) atoms. The van der Waals surface area contributed by atoms with Crippen LogP contribution >= 0.6 is 0 Å². The number of hydrogen-bond acceptors (Lipinski definition) is 6. The fourth-order valence-corrected chi connectivity index (χ4v) is 5.65. The fraction of sp³-hybridized carbons (Fsp3) is 0.537. The van der Waals surface area contributed by atoms with E-state index in [4.69, 9.17) is 14.2 Å². The van der Waals surface area contributed by atoms with E-state index in [1.54, 1.807) is 0 Å². The highest BCUT2D eigenvalue weighted by Gasteiger charge is 2.19. The highest BCUT2D eigenvalue weighted by atomic mass is 16.6. The topological polar surface area (TPSA) is 78.9 Å². The maximum Gasteiger partial charge on any atom is 0.306 e. The van der Waals surface area contributed by atoms with E-state index in [1.165, 1.54) is 19.3 Å². The number of carbonyl (C=O) groups excluding carboxylic acids is 3. The van der Waals surface area contributed by atoms with Crippen LogP contribution in [-0.2, 0) is 28.6 Å². The van der Waals surface area contributed by atoms with Crippen molar-refractivity contribution in [2.75, 3.05) is 13.2 Å². The molecule has 0 aromatic rings. The molecule has 334 valence electrons. The van der Waals surface area contributed by atoms with Gasteiger partial charge in [-0.25, -0.2) is 0 Å². The van der Waals surface area contributed by atoms with E-state index in [-0.39, 0.29) is 37.5 Å². The van der Waals surface area contributed by atoms with Gasteiger partial charge in [-0.1, -0.05) is 193 Å². The van der Waals surface area contributed by atoms with Crippen LogP contribution in [0.4, 0.5) is 0 Å². The van der Waals surface area contributed by atoms with Crippen LogP contribution in [0.15, 0.2) is 134 Å². The number of rotatable bonds is 39. The van der Waals surface area contributed by atoms with Crippen LogP contribution in [0, 0.1) is 0 Å². The van der Waals surface area contributed by atoms with Crippen molar-refractivity contribution < 1.29 is 28.6 Å². The van der Waals surface area contributed by atoms with Crippen molar-refractivity contribution >= 4 is 17.9 Å². The third kappa shape index (κ3) is 44.6. The third-order valence-electron chi connectivity index (χ3n) is 9.04. The summed E-state index contributed by atoms with van der Waals surface area (Å²) in [6.07, 6.45) is 65.8. The SMILES string of the molecule is CC\C=C/C=C\C=C/C=C\C=C\C=C/CCCCCC(=O)OCC(COC(=O)CCC/C=C\C/C=C\C/C=C\CC)OC(=O)CCCCCCCCC/C=C\C/C=C\CC. The number of esters is 3. The molecule has 0 heterocycles. The Kier molecular flexibility index (Phi) is 43.7. The van der Waals surface area contributed by atoms with Gasteiger partial charge in [-0.15, -0.1) is 0 Å². The van der Waals surface area contributed by atoms with Crippen molar-refractivity contribution in [3.05, 3.63) is 134 Å². The summed E-state index contributed by atoms with van der Waals surface area (Å²) >= 11 is 0. The Morgan fingerprint density at radius 3 is 1.22 bits per heavy atom. The van der Waals surface area contributed by atoms with E-state index < -0.39 is 6.10 Å².